The monoisotopic (exact) mass is 284 g/mol. The van der Waals surface area contributed by atoms with E-state index in [2.05, 4.69) is 44.4 Å². The van der Waals surface area contributed by atoms with Crippen LogP contribution in [0.5, 0.6) is 0 Å². The third-order valence-electron chi connectivity index (χ3n) is 5.29. The van der Waals surface area contributed by atoms with Gasteiger partial charge in [-0.05, 0) is 49.3 Å². The van der Waals surface area contributed by atoms with Crippen LogP contribution in [0.25, 0.3) is 0 Å². The number of nitrogens with two attached hydrogens (primary N) is 1. The van der Waals surface area contributed by atoms with Gasteiger partial charge in [0.2, 0.25) is 0 Å². The highest BCUT2D eigenvalue weighted by Gasteiger charge is 2.53. The lowest BCUT2D eigenvalue weighted by Crippen LogP contribution is -2.66. The minimum Gasteiger partial charge on any atom is -0.329 e. The topological polar surface area (TPSA) is 29.3 Å². The fraction of sp³-hybridized carbons (Fsp3) is 1.00. The first-order valence-electron chi connectivity index (χ1n) is 7.97. The van der Waals surface area contributed by atoms with Crippen molar-refractivity contribution in [1.82, 2.24) is 4.90 Å². The molecule has 112 valence electrons. The molecule has 0 spiro atoms. The fourth-order valence-electron chi connectivity index (χ4n) is 3.45. The Morgan fingerprint density at radius 1 is 1.32 bits per heavy atom. The van der Waals surface area contributed by atoms with Crippen molar-refractivity contribution in [3.05, 3.63) is 0 Å². The highest BCUT2D eigenvalue weighted by Crippen LogP contribution is 2.49. The molecule has 0 aromatic rings. The average Bonchev–Trinajstić information content (AvgIpc) is 3.15. The summed E-state index contributed by atoms with van der Waals surface area (Å²) >= 11 is 2.11. The van der Waals surface area contributed by atoms with Gasteiger partial charge in [-0.25, -0.2) is 0 Å². The van der Waals surface area contributed by atoms with Crippen molar-refractivity contribution in [3.63, 3.8) is 0 Å². The smallest absolute Gasteiger partial charge is 0.0475 e. The minimum atomic E-state index is 0.228. The predicted molar refractivity (Wildman–Crippen MR) is 86.7 cm³/mol. The summed E-state index contributed by atoms with van der Waals surface area (Å²) < 4.78 is 0. The van der Waals surface area contributed by atoms with E-state index in [0.29, 0.717) is 5.41 Å². The largest absolute Gasteiger partial charge is 0.329 e. The van der Waals surface area contributed by atoms with E-state index in [-0.39, 0.29) is 5.54 Å². The quantitative estimate of drug-likeness (QED) is 0.811. The average molecular weight is 285 g/mol. The van der Waals surface area contributed by atoms with E-state index in [1.165, 1.54) is 43.7 Å². The lowest BCUT2D eigenvalue weighted by molar-refractivity contribution is -0.00776. The first-order chi connectivity index (χ1) is 8.93. The van der Waals surface area contributed by atoms with Gasteiger partial charge in [-0.15, -0.1) is 0 Å². The standard InChI is InChI=1S/C16H32N2S/c1-13(2)7-9-18(14-5-6-14)16(11-17)12-19-10-8-15(16,3)4/h13-14H,5-12,17H2,1-4H3. The van der Waals surface area contributed by atoms with Gasteiger partial charge in [0.15, 0.2) is 0 Å². The zero-order valence-corrected chi connectivity index (χ0v) is 14.1. The van der Waals surface area contributed by atoms with Crippen molar-refractivity contribution in [2.75, 3.05) is 24.6 Å². The van der Waals surface area contributed by atoms with Gasteiger partial charge in [0.1, 0.15) is 0 Å². The normalized spacial score (nSPS) is 31.1. The van der Waals surface area contributed by atoms with Crippen LogP contribution in [0.3, 0.4) is 0 Å². The van der Waals surface area contributed by atoms with Gasteiger partial charge in [0.25, 0.3) is 0 Å². The van der Waals surface area contributed by atoms with E-state index < -0.39 is 0 Å². The Labute approximate surface area is 123 Å². The van der Waals surface area contributed by atoms with E-state index in [0.717, 1.165) is 18.5 Å². The third-order valence-corrected chi connectivity index (χ3v) is 6.47. The molecule has 1 heterocycles. The Kier molecular flexibility index (Phi) is 4.90. The molecule has 1 aliphatic carbocycles. The van der Waals surface area contributed by atoms with Crippen molar-refractivity contribution in [1.29, 1.82) is 0 Å². The Bertz CT molecular complexity index is 299. The summed E-state index contributed by atoms with van der Waals surface area (Å²) in [6.07, 6.45) is 5.39. The molecule has 1 aliphatic heterocycles. The zero-order valence-electron chi connectivity index (χ0n) is 13.2. The van der Waals surface area contributed by atoms with Gasteiger partial charge < -0.3 is 5.73 Å². The molecule has 0 radical (unpaired) electrons. The summed E-state index contributed by atoms with van der Waals surface area (Å²) in [7, 11) is 0. The van der Waals surface area contributed by atoms with E-state index in [1.807, 2.05) is 0 Å². The number of nitrogens with zero attached hydrogens (tertiary/aromatic N) is 1. The lowest BCUT2D eigenvalue weighted by Gasteiger charge is -2.56. The molecule has 1 saturated heterocycles. The predicted octanol–water partition coefficient (Wildman–Crippen LogP) is 3.36. The lowest BCUT2D eigenvalue weighted by atomic mass is 9.69. The van der Waals surface area contributed by atoms with E-state index >= 15 is 0 Å². The van der Waals surface area contributed by atoms with Crippen LogP contribution in [0.15, 0.2) is 0 Å². The maximum Gasteiger partial charge on any atom is 0.0475 e. The fourth-order valence-corrected chi connectivity index (χ4v) is 5.26. The molecule has 3 heteroatoms. The van der Waals surface area contributed by atoms with Crippen molar-refractivity contribution in [2.24, 2.45) is 17.1 Å². The van der Waals surface area contributed by atoms with E-state index in [4.69, 9.17) is 5.73 Å². The van der Waals surface area contributed by atoms with Crippen LogP contribution in [-0.2, 0) is 0 Å². The Hall–Kier alpha value is 0.270. The SMILES string of the molecule is CC(C)CCN(C1CC1)C1(CN)CSCCC1(C)C. The van der Waals surface area contributed by atoms with Crippen LogP contribution in [0.1, 0.15) is 53.4 Å². The van der Waals surface area contributed by atoms with Crippen molar-refractivity contribution < 1.29 is 0 Å². The molecule has 2 fully saturated rings. The van der Waals surface area contributed by atoms with Crippen molar-refractivity contribution in [2.45, 2.75) is 65.0 Å². The van der Waals surface area contributed by atoms with Gasteiger partial charge in [0, 0.05) is 23.9 Å². The molecule has 1 saturated carbocycles. The molecule has 0 bridgehead atoms. The number of rotatable bonds is 6. The maximum absolute atomic E-state index is 6.33. The van der Waals surface area contributed by atoms with Crippen LogP contribution in [0.2, 0.25) is 0 Å². The van der Waals surface area contributed by atoms with Crippen LogP contribution in [0.4, 0.5) is 0 Å². The molecule has 0 aromatic heterocycles. The first-order valence-corrected chi connectivity index (χ1v) is 9.13. The van der Waals surface area contributed by atoms with E-state index in [9.17, 15) is 0 Å². The van der Waals surface area contributed by atoms with Gasteiger partial charge in [-0.2, -0.15) is 11.8 Å². The Morgan fingerprint density at radius 3 is 2.47 bits per heavy atom. The molecule has 1 atom stereocenters. The van der Waals surface area contributed by atoms with Crippen molar-refractivity contribution in [3.8, 4) is 0 Å². The molecule has 1 unspecified atom stereocenters. The minimum absolute atomic E-state index is 0.228. The second kappa shape index (κ2) is 5.95. The molecule has 2 aliphatic rings. The number of hydrogen-bond donors (Lipinski definition) is 1. The first kappa shape index (κ1) is 15.7. The highest BCUT2D eigenvalue weighted by atomic mass is 32.2. The molecule has 19 heavy (non-hydrogen) atoms. The molecule has 0 aromatic carbocycles. The summed E-state index contributed by atoms with van der Waals surface area (Å²) in [5.74, 6) is 3.32. The van der Waals surface area contributed by atoms with Crippen LogP contribution < -0.4 is 5.73 Å². The summed E-state index contributed by atoms with van der Waals surface area (Å²) in [6, 6.07) is 0.820. The maximum atomic E-state index is 6.33. The van der Waals surface area contributed by atoms with E-state index in [1.54, 1.807) is 0 Å². The van der Waals surface area contributed by atoms with Crippen LogP contribution in [-0.4, -0.2) is 41.1 Å². The van der Waals surface area contributed by atoms with Gasteiger partial charge >= 0.3 is 0 Å². The molecule has 0 amide bonds. The summed E-state index contributed by atoms with van der Waals surface area (Å²) in [5, 5.41) is 0. The Morgan fingerprint density at radius 2 is 2.00 bits per heavy atom. The molecular weight excluding hydrogens is 252 g/mol. The number of hydrogen-bond acceptors (Lipinski definition) is 3. The summed E-state index contributed by atoms with van der Waals surface area (Å²) in [6.45, 7) is 11.6. The Balaban J connectivity index is 2.19. The molecule has 2 nitrogen and oxygen atoms in total. The van der Waals surface area contributed by atoms with Gasteiger partial charge in [-0.3, -0.25) is 4.90 Å². The highest BCUT2D eigenvalue weighted by molar-refractivity contribution is 7.99. The summed E-state index contributed by atoms with van der Waals surface area (Å²) in [5.41, 5.74) is 6.91. The molecule has 2 N–H and O–H groups in total. The summed E-state index contributed by atoms with van der Waals surface area (Å²) in [4.78, 5) is 2.82. The van der Waals surface area contributed by atoms with Gasteiger partial charge in [0.05, 0.1) is 0 Å². The van der Waals surface area contributed by atoms with Crippen LogP contribution >= 0.6 is 11.8 Å². The molecular formula is C16H32N2S. The number of thioether (sulfide) groups is 1. The van der Waals surface area contributed by atoms with Crippen LogP contribution in [0, 0.1) is 11.3 Å². The van der Waals surface area contributed by atoms with Gasteiger partial charge in [-0.1, -0.05) is 27.7 Å². The molecule has 2 rings (SSSR count). The zero-order chi connectivity index (χ0) is 14.1. The van der Waals surface area contributed by atoms with Crippen molar-refractivity contribution >= 4 is 11.8 Å². The second-order valence-electron chi connectivity index (χ2n) is 7.53. The third kappa shape index (κ3) is 3.14. The second-order valence-corrected chi connectivity index (χ2v) is 8.63.